The largest absolute Gasteiger partial charge is 0.508 e. The van der Waals surface area contributed by atoms with Crippen LogP contribution in [0.25, 0.3) is 5.70 Å². The van der Waals surface area contributed by atoms with Crippen LogP contribution >= 0.6 is 11.8 Å². The number of unbranched alkanes of at least 4 members (excludes halogenated alkanes) is 1. The minimum Gasteiger partial charge on any atom is -0.508 e. The van der Waals surface area contributed by atoms with Crippen molar-refractivity contribution in [1.82, 2.24) is 20.1 Å². The van der Waals surface area contributed by atoms with Gasteiger partial charge in [-0.1, -0.05) is 54.2 Å². The number of thioether (sulfide) groups is 1. The zero-order valence-electron chi connectivity index (χ0n) is 19.6. The summed E-state index contributed by atoms with van der Waals surface area (Å²) in [6.07, 6.45) is 7.59. The lowest BCUT2D eigenvalue weighted by atomic mass is 10.1. The van der Waals surface area contributed by atoms with Gasteiger partial charge in [-0.2, -0.15) is 0 Å². The Bertz CT molecular complexity index is 1160. The third kappa shape index (κ3) is 7.52. The monoisotopic (exact) mass is 494 g/mol. The van der Waals surface area contributed by atoms with Crippen LogP contribution in [-0.4, -0.2) is 31.2 Å². The van der Waals surface area contributed by atoms with E-state index >= 15 is 0 Å². The molecule has 1 atom stereocenters. The van der Waals surface area contributed by atoms with Gasteiger partial charge in [-0.3, -0.25) is 9.88 Å². The summed E-state index contributed by atoms with van der Waals surface area (Å²) >= 11 is 1.50. The van der Waals surface area contributed by atoms with E-state index in [0.717, 1.165) is 53.5 Å². The van der Waals surface area contributed by atoms with Gasteiger partial charge in [-0.05, 0) is 67.5 Å². The maximum Gasteiger partial charge on any atom is 0.195 e. The first-order chi connectivity index (χ1) is 17.1. The molecule has 2 aromatic carbocycles. The summed E-state index contributed by atoms with van der Waals surface area (Å²) in [5.41, 5.74) is 2.97. The van der Waals surface area contributed by atoms with Crippen LogP contribution in [0.4, 0.5) is 4.39 Å². The van der Waals surface area contributed by atoms with Gasteiger partial charge in [-0.15, -0.1) is 10.2 Å². The normalized spacial score (nSPS) is 14.5. The van der Waals surface area contributed by atoms with E-state index in [1.807, 2.05) is 41.0 Å². The first-order valence-corrected chi connectivity index (χ1v) is 12.9. The fraction of sp³-hybridized carbons (Fsp3) is 0.333. The van der Waals surface area contributed by atoms with Gasteiger partial charge in [0, 0.05) is 24.4 Å². The molecule has 0 fully saturated rings. The van der Waals surface area contributed by atoms with Gasteiger partial charge < -0.3 is 10.2 Å². The molecule has 0 aliphatic heterocycles. The second-order valence-electron chi connectivity index (χ2n) is 8.58. The molecule has 0 saturated heterocycles. The van der Waals surface area contributed by atoms with Crippen LogP contribution in [0.15, 0.2) is 77.7 Å². The van der Waals surface area contributed by atoms with Crippen molar-refractivity contribution in [2.75, 3.05) is 0 Å². The average Bonchev–Trinajstić information content (AvgIpc) is 3.27. The number of hydrogen-bond acceptors (Lipinski definition) is 6. The predicted octanol–water partition coefficient (Wildman–Crippen LogP) is 5.61. The van der Waals surface area contributed by atoms with Crippen molar-refractivity contribution >= 4 is 17.5 Å². The van der Waals surface area contributed by atoms with Crippen molar-refractivity contribution in [3.63, 3.8) is 0 Å². The molecule has 3 N–H and O–H groups in total. The van der Waals surface area contributed by atoms with Crippen LogP contribution in [0.3, 0.4) is 0 Å². The Hall–Kier alpha value is -2.94. The van der Waals surface area contributed by atoms with Crippen LogP contribution < -0.4 is 5.32 Å². The molecule has 184 valence electrons. The minimum absolute atomic E-state index is 0.250. The van der Waals surface area contributed by atoms with Crippen molar-refractivity contribution < 1.29 is 14.6 Å². The molecule has 35 heavy (non-hydrogen) atoms. The van der Waals surface area contributed by atoms with Crippen LogP contribution in [0.5, 0.6) is 0 Å². The number of halogens is 1. The van der Waals surface area contributed by atoms with Gasteiger partial charge in [0.2, 0.25) is 0 Å². The number of aliphatic hydroxyl groups is 2. The van der Waals surface area contributed by atoms with Gasteiger partial charge in [-0.25, -0.2) is 4.39 Å². The number of aryl methyl sites for hydroxylation is 1. The van der Waals surface area contributed by atoms with Crippen molar-refractivity contribution in [3.05, 3.63) is 95.3 Å². The van der Waals surface area contributed by atoms with Gasteiger partial charge in [0.1, 0.15) is 23.6 Å². The Morgan fingerprint density at radius 1 is 1.06 bits per heavy atom. The molecule has 0 amide bonds. The summed E-state index contributed by atoms with van der Waals surface area (Å²) in [5.74, 6) is 1.40. The summed E-state index contributed by atoms with van der Waals surface area (Å²) in [6.45, 7) is 0.632. The zero-order chi connectivity index (χ0) is 24.5. The molecule has 1 heterocycles. The fourth-order valence-electron chi connectivity index (χ4n) is 4.02. The van der Waals surface area contributed by atoms with Gasteiger partial charge in [0.15, 0.2) is 5.16 Å². The highest BCUT2D eigenvalue weighted by atomic mass is 32.2. The number of aliphatic hydroxyl groups excluding tert-OH is 2. The molecule has 1 aliphatic rings. The van der Waals surface area contributed by atoms with Gasteiger partial charge in [0.05, 0.1) is 0 Å². The molecule has 0 radical (unpaired) electrons. The molecular formula is C27H31FN4O2S. The molecule has 4 rings (SSSR count). The molecule has 0 spiro atoms. The zero-order valence-corrected chi connectivity index (χ0v) is 20.4. The molecular weight excluding hydrogens is 463 g/mol. The molecule has 6 nitrogen and oxygen atoms in total. The van der Waals surface area contributed by atoms with Crippen LogP contribution in [0.1, 0.15) is 49.1 Å². The lowest BCUT2D eigenvalue weighted by Crippen LogP contribution is -2.28. The molecule has 1 aromatic heterocycles. The first-order valence-electron chi connectivity index (χ1n) is 12.0. The smallest absolute Gasteiger partial charge is 0.195 e. The number of allylic oxidation sites excluding steroid dienone is 3. The van der Waals surface area contributed by atoms with E-state index in [9.17, 15) is 14.6 Å². The third-order valence-electron chi connectivity index (χ3n) is 5.83. The third-order valence-corrected chi connectivity index (χ3v) is 6.83. The van der Waals surface area contributed by atoms with Crippen molar-refractivity contribution in [2.45, 2.75) is 62.2 Å². The van der Waals surface area contributed by atoms with Crippen molar-refractivity contribution in [1.29, 1.82) is 0 Å². The Labute approximate surface area is 209 Å². The molecule has 0 saturated carbocycles. The lowest BCUT2D eigenvalue weighted by molar-refractivity contribution is 0.123. The van der Waals surface area contributed by atoms with Crippen LogP contribution in [0.2, 0.25) is 0 Å². The maximum atomic E-state index is 13.6. The lowest BCUT2D eigenvalue weighted by Gasteiger charge is -2.17. The highest BCUT2D eigenvalue weighted by molar-refractivity contribution is 7.98. The predicted molar refractivity (Wildman–Crippen MR) is 137 cm³/mol. The second kappa shape index (κ2) is 12.7. The van der Waals surface area contributed by atoms with E-state index in [-0.39, 0.29) is 11.6 Å². The molecule has 1 unspecified atom stereocenters. The van der Waals surface area contributed by atoms with Crippen molar-refractivity contribution in [2.24, 2.45) is 0 Å². The minimum atomic E-state index is -0.561. The Morgan fingerprint density at radius 3 is 2.69 bits per heavy atom. The van der Waals surface area contributed by atoms with Crippen LogP contribution in [0, 0.1) is 5.82 Å². The fourth-order valence-corrected chi connectivity index (χ4v) is 4.94. The van der Waals surface area contributed by atoms with E-state index in [0.29, 0.717) is 25.1 Å². The second-order valence-corrected chi connectivity index (χ2v) is 9.53. The average molecular weight is 495 g/mol. The molecule has 8 heteroatoms. The SMILES string of the molecule is OC1=CCCC(n2c(CCCCC(O)NCc3ccccc3)nnc2SCc2cccc(F)c2)=C1. The number of rotatable bonds is 12. The number of nitrogens with zero attached hydrogens (tertiary/aromatic N) is 3. The van der Waals surface area contributed by atoms with E-state index in [1.54, 1.807) is 18.2 Å². The summed E-state index contributed by atoms with van der Waals surface area (Å²) in [4.78, 5) is 0. The number of nitrogens with one attached hydrogen (secondary N) is 1. The summed E-state index contributed by atoms with van der Waals surface area (Å²) in [7, 11) is 0. The van der Waals surface area contributed by atoms with Gasteiger partial charge >= 0.3 is 0 Å². The van der Waals surface area contributed by atoms with Gasteiger partial charge in [0.25, 0.3) is 0 Å². The Kier molecular flexibility index (Phi) is 9.11. The standard InChI is InChI=1S/C27H31FN4O2S/c28-22-11-6-10-21(16-22)19-35-27-31-30-25(32(27)23-12-7-13-24(33)17-23)14-4-5-15-26(34)29-18-20-8-2-1-3-9-20/h1-3,6,8-11,13,16-17,26,29,33-34H,4-5,7,12,14-15,18-19H2. The van der Waals surface area contributed by atoms with E-state index in [4.69, 9.17) is 0 Å². The quantitative estimate of drug-likeness (QED) is 0.173. The summed E-state index contributed by atoms with van der Waals surface area (Å²) in [6, 6.07) is 16.6. The number of hydrogen-bond donors (Lipinski definition) is 3. The van der Waals surface area contributed by atoms with E-state index < -0.39 is 6.23 Å². The summed E-state index contributed by atoms with van der Waals surface area (Å²) in [5, 5.41) is 33.1. The highest BCUT2D eigenvalue weighted by Crippen LogP contribution is 2.30. The summed E-state index contributed by atoms with van der Waals surface area (Å²) < 4.78 is 15.6. The Balaban J connectivity index is 1.35. The molecule has 0 bridgehead atoms. The maximum absolute atomic E-state index is 13.6. The number of benzene rings is 2. The molecule has 3 aromatic rings. The number of aromatic nitrogens is 3. The first kappa shape index (κ1) is 25.2. The van der Waals surface area contributed by atoms with E-state index in [1.165, 1.54) is 23.9 Å². The highest BCUT2D eigenvalue weighted by Gasteiger charge is 2.18. The van der Waals surface area contributed by atoms with E-state index in [2.05, 4.69) is 15.5 Å². The Morgan fingerprint density at radius 2 is 1.89 bits per heavy atom. The molecule has 1 aliphatic carbocycles. The topological polar surface area (TPSA) is 83.2 Å². The van der Waals surface area contributed by atoms with Crippen molar-refractivity contribution in [3.8, 4) is 0 Å². The van der Waals surface area contributed by atoms with Crippen LogP contribution in [-0.2, 0) is 18.7 Å².